The van der Waals surface area contributed by atoms with Crippen molar-refractivity contribution >= 4 is 34.8 Å². The first-order valence-electron chi connectivity index (χ1n) is 12.0. The Morgan fingerprint density at radius 3 is 2.63 bits per heavy atom. The van der Waals surface area contributed by atoms with E-state index in [-0.39, 0.29) is 17.6 Å². The Hall–Kier alpha value is -3.94. The van der Waals surface area contributed by atoms with E-state index in [0.717, 1.165) is 33.9 Å². The van der Waals surface area contributed by atoms with Gasteiger partial charge in [-0.1, -0.05) is 18.2 Å². The van der Waals surface area contributed by atoms with Crippen LogP contribution < -0.4 is 10.2 Å². The number of nitrogens with one attached hydrogen (secondary N) is 1. The third kappa shape index (κ3) is 4.56. The molecule has 2 amide bonds. The van der Waals surface area contributed by atoms with Crippen LogP contribution in [-0.4, -0.2) is 45.4 Å². The van der Waals surface area contributed by atoms with Crippen molar-refractivity contribution in [3.8, 4) is 0 Å². The minimum absolute atomic E-state index is 0.0815. The molecule has 8 heteroatoms. The van der Waals surface area contributed by atoms with Crippen molar-refractivity contribution in [1.82, 2.24) is 14.7 Å². The van der Waals surface area contributed by atoms with Gasteiger partial charge in [0.25, 0.3) is 5.91 Å². The fraction of sp³-hybridized carbons (Fsp3) is 0.333. The number of carbonyl (C=O) groups is 3. The number of rotatable bonds is 4. The molecular formula is C27H29N5O3. The Balaban J connectivity index is 1.33. The number of amides is 2. The number of anilines is 3. The van der Waals surface area contributed by atoms with Crippen LogP contribution in [0.25, 0.3) is 0 Å². The van der Waals surface area contributed by atoms with Crippen LogP contribution in [-0.2, 0) is 29.6 Å². The number of benzene rings is 2. The number of aromatic nitrogens is 2. The van der Waals surface area contributed by atoms with Gasteiger partial charge in [-0.2, -0.15) is 5.10 Å². The second-order valence-corrected chi connectivity index (χ2v) is 9.24. The molecule has 3 aromatic rings. The van der Waals surface area contributed by atoms with Crippen LogP contribution in [0.2, 0.25) is 0 Å². The number of fused-ring (bicyclic) bond motifs is 2. The van der Waals surface area contributed by atoms with Crippen molar-refractivity contribution in [1.29, 1.82) is 0 Å². The smallest absolute Gasteiger partial charge is 0.258 e. The minimum Gasteiger partial charge on any atom is -0.342 e. The monoisotopic (exact) mass is 471 g/mol. The largest absolute Gasteiger partial charge is 0.342 e. The Morgan fingerprint density at radius 1 is 1.09 bits per heavy atom. The number of hydrogen-bond acceptors (Lipinski definition) is 5. The van der Waals surface area contributed by atoms with Crippen molar-refractivity contribution in [2.45, 2.75) is 39.2 Å². The van der Waals surface area contributed by atoms with E-state index >= 15 is 0 Å². The van der Waals surface area contributed by atoms with Crippen LogP contribution in [0.5, 0.6) is 0 Å². The topological polar surface area (TPSA) is 87.5 Å². The van der Waals surface area contributed by atoms with Gasteiger partial charge in [0.1, 0.15) is 11.6 Å². The van der Waals surface area contributed by atoms with Crippen LogP contribution in [0, 0.1) is 6.92 Å². The van der Waals surface area contributed by atoms with E-state index < -0.39 is 0 Å². The number of aryl methyl sites for hydroxylation is 3. The van der Waals surface area contributed by atoms with Crippen molar-refractivity contribution in [2.75, 3.05) is 23.3 Å². The normalized spacial score (nSPS) is 15.2. The molecule has 3 heterocycles. The van der Waals surface area contributed by atoms with Crippen LogP contribution in [0.3, 0.4) is 0 Å². The van der Waals surface area contributed by atoms with Gasteiger partial charge in [0.2, 0.25) is 5.91 Å². The van der Waals surface area contributed by atoms with Gasteiger partial charge in [-0.15, -0.1) is 0 Å². The molecule has 0 aliphatic carbocycles. The Kier molecular flexibility index (Phi) is 6.11. The van der Waals surface area contributed by atoms with Gasteiger partial charge in [0.15, 0.2) is 0 Å². The summed E-state index contributed by atoms with van der Waals surface area (Å²) in [6.07, 6.45) is 3.71. The van der Waals surface area contributed by atoms with Gasteiger partial charge in [-0.05, 0) is 48.7 Å². The first-order valence-corrected chi connectivity index (χ1v) is 12.0. The summed E-state index contributed by atoms with van der Waals surface area (Å²) >= 11 is 0. The van der Waals surface area contributed by atoms with E-state index in [1.165, 1.54) is 0 Å². The molecule has 1 fully saturated rings. The summed E-state index contributed by atoms with van der Waals surface area (Å²) in [5.74, 6) is 1.10. The average Bonchev–Trinajstić information content (AvgIpc) is 3.11. The zero-order valence-electron chi connectivity index (χ0n) is 20.1. The number of hydrogen-bond donors (Lipinski definition) is 1. The summed E-state index contributed by atoms with van der Waals surface area (Å²) < 4.78 is 1.78. The number of nitrogens with zero attached hydrogens (tertiary/aromatic N) is 4. The molecule has 2 aliphatic heterocycles. The molecule has 0 radical (unpaired) electrons. The Labute approximate surface area is 204 Å². The number of para-hydroxylation sites is 2. The fourth-order valence-corrected chi connectivity index (χ4v) is 4.81. The quantitative estimate of drug-likeness (QED) is 0.626. The van der Waals surface area contributed by atoms with Gasteiger partial charge in [-0.3, -0.25) is 19.1 Å². The lowest BCUT2D eigenvalue weighted by atomic mass is 9.99. The molecule has 1 N–H and O–H groups in total. The summed E-state index contributed by atoms with van der Waals surface area (Å²) in [6.45, 7) is 3.44. The molecule has 0 atom stereocenters. The summed E-state index contributed by atoms with van der Waals surface area (Å²) in [4.78, 5) is 41.2. The van der Waals surface area contributed by atoms with Gasteiger partial charge in [0, 0.05) is 50.5 Å². The van der Waals surface area contributed by atoms with Crippen molar-refractivity contribution in [3.05, 3.63) is 70.9 Å². The third-order valence-corrected chi connectivity index (χ3v) is 6.91. The summed E-state index contributed by atoms with van der Waals surface area (Å²) in [6, 6.07) is 13.5. The fourth-order valence-electron chi connectivity index (χ4n) is 4.81. The molecule has 2 aromatic carbocycles. The molecule has 0 saturated carbocycles. The molecular weight excluding hydrogens is 442 g/mol. The molecule has 35 heavy (non-hydrogen) atoms. The second kappa shape index (κ2) is 9.37. The van der Waals surface area contributed by atoms with Crippen LogP contribution >= 0.6 is 0 Å². The maximum atomic E-state index is 13.7. The summed E-state index contributed by atoms with van der Waals surface area (Å²) in [7, 11) is 1.88. The summed E-state index contributed by atoms with van der Waals surface area (Å²) in [5, 5.41) is 7.76. The average molecular weight is 472 g/mol. The number of piperidine rings is 1. The number of likely N-dealkylation sites (tertiary alicyclic amines) is 1. The maximum Gasteiger partial charge on any atom is 0.258 e. The number of carbonyl (C=O) groups excluding carboxylic acids is 3. The summed E-state index contributed by atoms with van der Waals surface area (Å²) in [5.41, 5.74) is 5.27. The molecule has 5 rings (SSSR count). The molecule has 0 bridgehead atoms. The van der Waals surface area contributed by atoms with E-state index in [4.69, 9.17) is 0 Å². The highest BCUT2D eigenvalue weighted by atomic mass is 16.2. The van der Waals surface area contributed by atoms with Crippen molar-refractivity contribution < 1.29 is 14.4 Å². The van der Waals surface area contributed by atoms with Crippen LogP contribution in [0.1, 0.15) is 46.3 Å². The van der Waals surface area contributed by atoms with E-state index in [0.29, 0.717) is 50.9 Å². The predicted octanol–water partition coefficient (Wildman–Crippen LogP) is 3.76. The number of ketones is 1. The zero-order valence-corrected chi connectivity index (χ0v) is 20.1. The van der Waals surface area contributed by atoms with Crippen LogP contribution in [0.15, 0.2) is 48.7 Å². The van der Waals surface area contributed by atoms with Gasteiger partial charge in [-0.25, -0.2) is 0 Å². The van der Waals surface area contributed by atoms with E-state index in [9.17, 15) is 14.4 Å². The highest BCUT2D eigenvalue weighted by Gasteiger charge is 2.27. The van der Waals surface area contributed by atoms with Gasteiger partial charge < -0.3 is 15.1 Å². The van der Waals surface area contributed by atoms with Crippen molar-refractivity contribution in [2.24, 2.45) is 7.05 Å². The van der Waals surface area contributed by atoms with Crippen molar-refractivity contribution in [3.63, 3.8) is 0 Å². The highest BCUT2D eigenvalue weighted by molar-refractivity contribution is 6.08. The molecule has 180 valence electrons. The molecule has 0 spiro atoms. The lowest BCUT2D eigenvalue weighted by Crippen LogP contribution is -2.38. The third-order valence-electron chi connectivity index (χ3n) is 6.91. The Bertz CT molecular complexity index is 1300. The van der Waals surface area contributed by atoms with Gasteiger partial charge in [0.05, 0.1) is 24.1 Å². The molecule has 1 aromatic heterocycles. The van der Waals surface area contributed by atoms with Crippen LogP contribution in [0.4, 0.5) is 17.2 Å². The molecule has 8 nitrogen and oxygen atoms in total. The molecule has 0 unspecified atom stereocenters. The lowest BCUT2D eigenvalue weighted by Gasteiger charge is -2.26. The SMILES string of the molecule is Cc1cc(C(=O)N2Cc3cnn(C)c3Nc3ccccc32)ccc1CCC(=O)N1CCC(=O)CC1. The number of Topliss-reactive ketones (excluding diaryl/α,β-unsaturated/α-hetero) is 1. The molecule has 1 saturated heterocycles. The first-order chi connectivity index (χ1) is 16.9. The molecule has 2 aliphatic rings. The Morgan fingerprint density at radius 2 is 1.86 bits per heavy atom. The zero-order chi connectivity index (χ0) is 24.5. The first kappa shape index (κ1) is 22.8. The lowest BCUT2D eigenvalue weighted by molar-refractivity contribution is -0.134. The second-order valence-electron chi connectivity index (χ2n) is 9.24. The van der Waals surface area contributed by atoms with E-state index in [1.54, 1.807) is 20.7 Å². The highest BCUT2D eigenvalue weighted by Crippen LogP contribution is 2.36. The van der Waals surface area contributed by atoms with Gasteiger partial charge >= 0.3 is 0 Å². The van der Waals surface area contributed by atoms with E-state index in [2.05, 4.69) is 10.4 Å². The standard InChI is InChI=1S/C27H29N5O3/c1-18-15-20(8-7-19(18)9-10-25(34)31-13-11-22(33)12-14-31)27(35)32-17-21-16-28-30(2)26(21)29-23-5-3-4-6-24(23)32/h3-8,15-16,29H,9-14,17H2,1-2H3. The van der Waals surface area contributed by atoms with E-state index in [1.807, 2.05) is 56.4 Å². The predicted molar refractivity (Wildman–Crippen MR) is 134 cm³/mol. The minimum atomic E-state index is -0.0836. The maximum absolute atomic E-state index is 13.7.